The molecule has 2 aliphatic heterocycles. The molecule has 0 aliphatic carbocycles. The first-order valence-corrected chi connectivity index (χ1v) is 10.5. The van der Waals surface area contributed by atoms with Crippen molar-refractivity contribution < 1.29 is 14.3 Å². The number of aliphatic imine (C=N–C) groups is 1. The van der Waals surface area contributed by atoms with Crippen LogP contribution in [0.5, 0.6) is 0 Å². The zero-order valence-corrected chi connectivity index (χ0v) is 17.6. The Balaban J connectivity index is 1.85. The largest absolute Gasteiger partial charge is 0.466 e. The van der Waals surface area contributed by atoms with E-state index < -0.39 is 0 Å². The molecule has 1 N–H and O–H groups in total. The summed E-state index contributed by atoms with van der Waals surface area (Å²) in [5, 5.41) is 3.59. The highest BCUT2D eigenvalue weighted by Crippen LogP contribution is 2.19. The van der Waals surface area contributed by atoms with E-state index in [4.69, 9.17) is 9.47 Å². The number of esters is 1. The Morgan fingerprint density at radius 2 is 1.89 bits per heavy atom. The lowest BCUT2D eigenvalue weighted by Gasteiger charge is -2.37. The summed E-state index contributed by atoms with van der Waals surface area (Å²) in [7, 11) is 1.84. The Kier molecular flexibility index (Phi) is 9.34. The van der Waals surface area contributed by atoms with Crippen molar-refractivity contribution in [1.29, 1.82) is 0 Å². The molecule has 2 rings (SSSR count). The molecule has 1 atom stereocenters. The van der Waals surface area contributed by atoms with Crippen molar-refractivity contribution in [1.82, 2.24) is 15.1 Å². The van der Waals surface area contributed by atoms with Crippen LogP contribution in [-0.4, -0.2) is 87.4 Å². The molecule has 7 heteroatoms. The number of hydrogen-bond acceptors (Lipinski definition) is 5. The number of likely N-dealkylation sites (tertiary alicyclic amines) is 1. The highest BCUT2D eigenvalue weighted by Gasteiger charge is 2.28. The maximum absolute atomic E-state index is 11.9. The van der Waals surface area contributed by atoms with E-state index in [1.807, 2.05) is 14.0 Å². The van der Waals surface area contributed by atoms with Gasteiger partial charge in [0.25, 0.3) is 0 Å². The van der Waals surface area contributed by atoms with Crippen LogP contribution in [0.15, 0.2) is 4.99 Å². The number of morpholine rings is 1. The normalized spacial score (nSPS) is 21.4. The first-order chi connectivity index (χ1) is 13.0. The maximum atomic E-state index is 11.9. The molecule has 2 aliphatic rings. The highest BCUT2D eigenvalue weighted by atomic mass is 16.5. The second-order valence-corrected chi connectivity index (χ2v) is 7.87. The molecule has 0 spiro atoms. The average molecular weight is 383 g/mol. The van der Waals surface area contributed by atoms with E-state index in [1.165, 1.54) is 0 Å². The number of carbonyl (C=O) groups excluding carboxylic acids is 1. The van der Waals surface area contributed by atoms with Crippen molar-refractivity contribution in [3.8, 4) is 0 Å². The van der Waals surface area contributed by atoms with Crippen LogP contribution in [0.1, 0.15) is 40.0 Å². The summed E-state index contributed by atoms with van der Waals surface area (Å²) in [5.74, 6) is 1.58. The van der Waals surface area contributed by atoms with E-state index in [2.05, 4.69) is 34.0 Å². The number of ether oxygens (including phenoxy) is 2. The smallest absolute Gasteiger partial charge is 0.309 e. The van der Waals surface area contributed by atoms with E-state index >= 15 is 0 Å². The third-order valence-corrected chi connectivity index (χ3v) is 5.43. The highest BCUT2D eigenvalue weighted by molar-refractivity contribution is 5.80. The van der Waals surface area contributed by atoms with Gasteiger partial charge in [0.05, 0.1) is 25.7 Å². The number of rotatable bonds is 7. The third-order valence-electron chi connectivity index (χ3n) is 5.43. The van der Waals surface area contributed by atoms with Crippen LogP contribution in [0.4, 0.5) is 0 Å². The molecule has 7 nitrogen and oxygen atoms in total. The van der Waals surface area contributed by atoms with Crippen LogP contribution in [0.25, 0.3) is 0 Å². The van der Waals surface area contributed by atoms with Crippen molar-refractivity contribution >= 4 is 11.9 Å². The minimum absolute atomic E-state index is 0.0290. The standard InChI is InChI=1S/C20H38N4O3/c1-5-27-19(25)17-6-8-24(9-7-17)20(21-4)22-15-18(14-16(2)3)23-10-12-26-13-11-23/h16-18H,5-15H2,1-4H3,(H,21,22). The van der Waals surface area contributed by atoms with E-state index in [9.17, 15) is 4.79 Å². The summed E-state index contributed by atoms with van der Waals surface area (Å²) in [4.78, 5) is 21.2. The SMILES string of the molecule is CCOC(=O)C1CCN(C(=NC)NCC(CC(C)C)N2CCOCC2)CC1. The van der Waals surface area contributed by atoms with E-state index in [1.54, 1.807) is 0 Å². The van der Waals surface area contributed by atoms with Crippen LogP contribution in [0.3, 0.4) is 0 Å². The molecule has 0 aromatic heterocycles. The molecule has 0 aromatic carbocycles. The minimum atomic E-state index is -0.0515. The van der Waals surface area contributed by atoms with Crippen molar-refractivity contribution in [3.63, 3.8) is 0 Å². The van der Waals surface area contributed by atoms with Crippen LogP contribution >= 0.6 is 0 Å². The molecule has 0 radical (unpaired) electrons. The molecule has 2 heterocycles. The van der Waals surface area contributed by atoms with Gasteiger partial charge in [0.2, 0.25) is 0 Å². The summed E-state index contributed by atoms with van der Waals surface area (Å²) >= 11 is 0. The lowest BCUT2D eigenvalue weighted by Crippen LogP contribution is -2.53. The predicted molar refractivity (Wildman–Crippen MR) is 108 cm³/mol. The molecule has 0 saturated carbocycles. The first-order valence-electron chi connectivity index (χ1n) is 10.5. The number of hydrogen-bond donors (Lipinski definition) is 1. The van der Waals surface area contributed by atoms with Crippen molar-refractivity contribution in [2.45, 2.75) is 46.1 Å². The van der Waals surface area contributed by atoms with Gasteiger partial charge in [0.15, 0.2) is 5.96 Å². The van der Waals surface area contributed by atoms with Gasteiger partial charge in [0, 0.05) is 45.8 Å². The number of nitrogens with one attached hydrogen (secondary N) is 1. The first kappa shape index (κ1) is 22.0. The van der Waals surface area contributed by atoms with E-state index in [0.717, 1.165) is 71.2 Å². The maximum Gasteiger partial charge on any atom is 0.309 e. The summed E-state index contributed by atoms with van der Waals surface area (Å²) < 4.78 is 10.7. The molecular formula is C20H38N4O3. The Bertz CT molecular complexity index is 470. The molecule has 1 unspecified atom stereocenters. The topological polar surface area (TPSA) is 66.4 Å². The molecule has 156 valence electrons. The van der Waals surface area contributed by atoms with Gasteiger partial charge in [-0.1, -0.05) is 13.8 Å². The number of piperidine rings is 1. The Morgan fingerprint density at radius 3 is 2.44 bits per heavy atom. The number of guanidine groups is 1. The van der Waals surface area contributed by atoms with Gasteiger partial charge in [-0.15, -0.1) is 0 Å². The van der Waals surface area contributed by atoms with Gasteiger partial charge >= 0.3 is 5.97 Å². The lowest BCUT2D eigenvalue weighted by molar-refractivity contribution is -0.149. The van der Waals surface area contributed by atoms with Gasteiger partial charge in [-0.25, -0.2) is 0 Å². The van der Waals surface area contributed by atoms with Gasteiger partial charge in [-0.3, -0.25) is 14.7 Å². The molecule has 2 saturated heterocycles. The summed E-state index contributed by atoms with van der Waals surface area (Å²) in [6.07, 6.45) is 2.83. The van der Waals surface area contributed by atoms with Gasteiger partial charge in [-0.05, 0) is 32.1 Å². The monoisotopic (exact) mass is 382 g/mol. The van der Waals surface area contributed by atoms with Crippen LogP contribution in [0, 0.1) is 11.8 Å². The quantitative estimate of drug-likeness (QED) is 0.410. The van der Waals surface area contributed by atoms with Crippen LogP contribution in [-0.2, 0) is 14.3 Å². The second kappa shape index (κ2) is 11.5. The molecule has 2 fully saturated rings. The fourth-order valence-electron chi connectivity index (χ4n) is 3.98. The van der Waals surface area contributed by atoms with Crippen molar-refractivity contribution in [2.24, 2.45) is 16.8 Å². The summed E-state index contributed by atoms with van der Waals surface area (Å²) in [6, 6.07) is 0.489. The average Bonchev–Trinajstić information content (AvgIpc) is 2.68. The second-order valence-electron chi connectivity index (χ2n) is 7.87. The van der Waals surface area contributed by atoms with E-state index in [-0.39, 0.29) is 11.9 Å². The predicted octanol–water partition coefficient (Wildman–Crippen LogP) is 1.58. The lowest BCUT2D eigenvalue weighted by atomic mass is 9.97. The molecule has 0 amide bonds. The van der Waals surface area contributed by atoms with Gasteiger partial charge < -0.3 is 19.7 Å². The zero-order chi connectivity index (χ0) is 19.6. The molecule has 0 aromatic rings. The molecule has 0 bridgehead atoms. The summed E-state index contributed by atoms with van der Waals surface area (Å²) in [6.45, 7) is 13.1. The minimum Gasteiger partial charge on any atom is -0.466 e. The van der Waals surface area contributed by atoms with Gasteiger partial charge in [-0.2, -0.15) is 0 Å². The fraction of sp³-hybridized carbons (Fsp3) is 0.900. The number of carbonyl (C=O) groups is 1. The molecule has 27 heavy (non-hydrogen) atoms. The van der Waals surface area contributed by atoms with E-state index in [0.29, 0.717) is 18.6 Å². The van der Waals surface area contributed by atoms with Crippen molar-refractivity contribution in [3.05, 3.63) is 0 Å². The molecular weight excluding hydrogens is 344 g/mol. The third kappa shape index (κ3) is 6.96. The Labute approximate surface area is 164 Å². The number of nitrogens with zero attached hydrogens (tertiary/aromatic N) is 3. The fourth-order valence-corrected chi connectivity index (χ4v) is 3.98. The Morgan fingerprint density at radius 1 is 1.22 bits per heavy atom. The Hall–Kier alpha value is -1.34. The van der Waals surface area contributed by atoms with Crippen LogP contribution in [0.2, 0.25) is 0 Å². The zero-order valence-electron chi connectivity index (χ0n) is 17.6. The summed E-state index contributed by atoms with van der Waals surface area (Å²) in [5.41, 5.74) is 0. The van der Waals surface area contributed by atoms with Gasteiger partial charge in [0.1, 0.15) is 0 Å². The van der Waals surface area contributed by atoms with Crippen LogP contribution < -0.4 is 5.32 Å². The van der Waals surface area contributed by atoms with Crippen molar-refractivity contribution in [2.75, 3.05) is 59.6 Å².